The minimum absolute atomic E-state index is 0.158. The average molecular weight is 316 g/mol. The first-order valence-corrected chi connectivity index (χ1v) is 7.04. The quantitative estimate of drug-likeness (QED) is 0.338. The molecule has 0 spiro atoms. The first-order valence-electron chi connectivity index (χ1n) is 7.04. The standard InChI is InChI=1S/C16H20N4O3/c1-12(21)20(15-6-4-14(18)5-7-15)16(22)13(10-17)11-19-8-3-9-23-2/h4-7,11,19H,3,8-9,18H2,1-2H3/b13-11-. The number of nitriles is 1. The van der Waals surface area contributed by atoms with Gasteiger partial charge in [-0.05, 0) is 30.7 Å². The van der Waals surface area contributed by atoms with Crippen LogP contribution in [0.5, 0.6) is 0 Å². The summed E-state index contributed by atoms with van der Waals surface area (Å²) < 4.78 is 4.90. The Hall–Kier alpha value is -2.85. The lowest BCUT2D eigenvalue weighted by atomic mass is 10.2. The number of anilines is 2. The summed E-state index contributed by atoms with van der Waals surface area (Å²) in [5, 5.41) is 12.0. The van der Waals surface area contributed by atoms with Crippen molar-refractivity contribution in [2.24, 2.45) is 0 Å². The monoisotopic (exact) mass is 316 g/mol. The fourth-order valence-electron chi connectivity index (χ4n) is 1.82. The zero-order valence-electron chi connectivity index (χ0n) is 13.2. The van der Waals surface area contributed by atoms with Crippen molar-refractivity contribution < 1.29 is 14.3 Å². The summed E-state index contributed by atoms with van der Waals surface area (Å²) in [6, 6.07) is 8.07. The van der Waals surface area contributed by atoms with E-state index >= 15 is 0 Å². The molecule has 7 heteroatoms. The number of rotatable bonds is 7. The average Bonchev–Trinajstić information content (AvgIpc) is 2.52. The molecule has 0 radical (unpaired) electrons. The third-order valence-corrected chi connectivity index (χ3v) is 2.94. The van der Waals surface area contributed by atoms with Crippen LogP contribution in [-0.2, 0) is 14.3 Å². The van der Waals surface area contributed by atoms with Gasteiger partial charge < -0.3 is 15.8 Å². The summed E-state index contributed by atoms with van der Waals surface area (Å²) in [6.07, 6.45) is 2.04. The van der Waals surface area contributed by atoms with Gasteiger partial charge in [-0.1, -0.05) is 0 Å². The van der Waals surface area contributed by atoms with Crippen LogP contribution in [0.15, 0.2) is 36.0 Å². The van der Waals surface area contributed by atoms with Gasteiger partial charge in [0.15, 0.2) is 0 Å². The molecule has 0 aliphatic heterocycles. The van der Waals surface area contributed by atoms with Crippen LogP contribution in [0.1, 0.15) is 13.3 Å². The number of amides is 2. The molecule has 0 fully saturated rings. The molecule has 122 valence electrons. The molecule has 0 unspecified atom stereocenters. The van der Waals surface area contributed by atoms with E-state index in [0.717, 1.165) is 11.3 Å². The van der Waals surface area contributed by atoms with Gasteiger partial charge in [0.1, 0.15) is 11.6 Å². The molecule has 2 amide bonds. The van der Waals surface area contributed by atoms with Crippen molar-refractivity contribution in [3.63, 3.8) is 0 Å². The van der Waals surface area contributed by atoms with Crippen molar-refractivity contribution in [2.75, 3.05) is 30.9 Å². The highest BCUT2D eigenvalue weighted by Crippen LogP contribution is 2.18. The van der Waals surface area contributed by atoms with Crippen molar-refractivity contribution in [2.45, 2.75) is 13.3 Å². The predicted molar refractivity (Wildman–Crippen MR) is 87.2 cm³/mol. The molecular formula is C16H20N4O3. The van der Waals surface area contributed by atoms with Crippen LogP contribution in [-0.4, -0.2) is 32.1 Å². The molecular weight excluding hydrogens is 296 g/mol. The van der Waals surface area contributed by atoms with Crippen molar-refractivity contribution in [3.05, 3.63) is 36.0 Å². The van der Waals surface area contributed by atoms with Gasteiger partial charge in [0, 0.05) is 39.1 Å². The SMILES string of the molecule is COCCCN/C=C(/C#N)C(=O)N(C(C)=O)c1ccc(N)cc1. The summed E-state index contributed by atoms with van der Waals surface area (Å²) >= 11 is 0. The van der Waals surface area contributed by atoms with Crippen molar-refractivity contribution >= 4 is 23.2 Å². The summed E-state index contributed by atoms with van der Waals surface area (Å²) in [4.78, 5) is 25.2. The summed E-state index contributed by atoms with van der Waals surface area (Å²) in [7, 11) is 1.59. The number of methoxy groups -OCH3 is 1. The van der Waals surface area contributed by atoms with Gasteiger partial charge in [-0.25, -0.2) is 4.90 Å². The molecule has 0 saturated heterocycles. The third-order valence-electron chi connectivity index (χ3n) is 2.94. The molecule has 1 rings (SSSR count). The molecule has 0 atom stereocenters. The number of hydrogen-bond acceptors (Lipinski definition) is 6. The van der Waals surface area contributed by atoms with Crippen molar-refractivity contribution in [1.29, 1.82) is 5.26 Å². The van der Waals surface area contributed by atoms with Gasteiger partial charge in [-0.3, -0.25) is 9.59 Å². The maximum Gasteiger partial charge on any atom is 0.277 e. The van der Waals surface area contributed by atoms with E-state index in [1.165, 1.54) is 13.1 Å². The lowest BCUT2D eigenvalue weighted by Gasteiger charge is -2.19. The second-order valence-electron chi connectivity index (χ2n) is 4.72. The Morgan fingerprint density at radius 2 is 2.04 bits per heavy atom. The van der Waals surface area contributed by atoms with Gasteiger partial charge in [-0.15, -0.1) is 0 Å². The third kappa shape index (κ3) is 5.45. The molecule has 1 aromatic carbocycles. The Labute approximate surface area is 135 Å². The summed E-state index contributed by atoms with van der Waals surface area (Å²) in [6.45, 7) is 2.38. The minimum atomic E-state index is -0.691. The molecule has 0 aromatic heterocycles. The van der Waals surface area contributed by atoms with Crippen LogP contribution < -0.4 is 16.0 Å². The Bertz CT molecular complexity index is 617. The van der Waals surface area contributed by atoms with Gasteiger partial charge in [0.2, 0.25) is 5.91 Å². The molecule has 23 heavy (non-hydrogen) atoms. The van der Waals surface area contributed by atoms with Crippen LogP contribution in [0, 0.1) is 11.3 Å². The van der Waals surface area contributed by atoms with Crippen molar-refractivity contribution in [1.82, 2.24) is 5.32 Å². The molecule has 0 saturated carbocycles. The van der Waals surface area contributed by atoms with Crippen LogP contribution in [0.3, 0.4) is 0 Å². The largest absolute Gasteiger partial charge is 0.399 e. The molecule has 1 aromatic rings. The maximum atomic E-state index is 12.4. The fraction of sp³-hybridized carbons (Fsp3) is 0.312. The predicted octanol–water partition coefficient (Wildman–Crippen LogP) is 1.18. The van der Waals surface area contributed by atoms with E-state index in [9.17, 15) is 9.59 Å². The maximum absolute atomic E-state index is 12.4. The number of carbonyl (C=O) groups excluding carboxylic acids is 2. The summed E-state index contributed by atoms with van der Waals surface area (Å²) in [5.41, 5.74) is 6.31. The van der Waals surface area contributed by atoms with Gasteiger partial charge >= 0.3 is 0 Å². The lowest BCUT2D eigenvalue weighted by Crippen LogP contribution is -2.36. The highest BCUT2D eigenvalue weighted by molar-refractivity contribution is 6.21. The van der Waals surface area contributed by atoms with Crippen LogP contribution in [0.25, 0.3) is 0 Å². The van der Waals surface area contributed by atoms with E-state index in [4.69, 9.17) is 15.7 Å². The number of benzene rings is 1. The second kappa shape index (κ2) is 9.23. The van der Waals surface area contributed by atoms with Gasteiger partial charge in [-0.2, -0.15) is 5.26 Å². The van der Waals surface area contributed by atoms with Gasteiger partial charge in [0.25, 0.3) is 5.91 Å². The number of nitrogens with zero attached hydrogens (tertiary/aromatic N) is 2. The first-order chi connectivity index (χ1) is 11.0. The number of ether oxygens (including phenoxy) is 1. The fourth-order valence-corrected chi connectivity index (χ4v) is 1.82. The minimum Gasteiger partial charge on any atom is -0.399 e. The first kappa shape index (κ1) is 18.2. The van der Waals surface area contributed by atoms with Crippen LogP contribution >= 0.6 is 0 Å². The van der Waals surface area contributed by atoms with E-state index in [1.807, 2.05) is 6.07 Å². The zero-order chi connectivity index (χ0) is 17.2. The molecule has 0 bridgehead atoms. The second-order valence-corrected chi connectivity index (χ2v) is 4.72. The van der Waals surface area contributed by atoms with E-state index < -0.39 is 11.8 Å². The Morgan fingerprint density at radius 3 is 2.57 bits per heavy atom. The number of nitrogen functional groups attached to an aromatic ring is 1. The number of carbonyl (C=O) groups is 2. The van der Waals surface area contributed by atoms with E-state index in [2.05, 4.69) is 5.32 Å². The Kier molecular flexibility index (Phi) is 7.30. The topological polar surface area (TPSA) is 108 Å². The number of nitrogens with one attached hydrogen (secondary N) is 1. The normalized spacial score (nSPS) is 10.7. The van der Waals surface area contributed by atoms with E-state index in [1.54, 1.807) is 31.4 Å². The van der Waals surface area contributed by atoms with E-state index in [0.29, 0.717) is 24.5 Å². The van der Waals surface area contributed by atoms with E-state index in [-0.39, 0.29) is 5.57 Å². The smallest absolute Gasteiger partial charge is 0.277 e. The van der Waals surface area contributed by atoms with Crippen molar-refractivity contribution in [3.8, 4) is 6.07 Å². The molecule has 3 N–H and O–H groups in total. The highest BCUT2D eigenvalue weighted by atomic mass is 16.5. The van der Waals surface area contributed by atoms with Crippen LogP contribution in [0.2, 0.25) is 0 Å². The molecule has 7 nitrogen and oxygen atoms in total. The molecule has 0 aliphatic rings. The highest BCUT2D eigenvalue weighted by Gasteiger charge is 2.23. The zero-order valence-corrected chi connectivity index (χ0v) is 13.2. The number of imide groups is 1. The number of hydrogen-bond donors (Lipinski definition) is 2. The van der Waals surface area contributed by atoms with Gasteiger partial charge in [0.05, 0.1) is 5.69 Å². The van der Waals surface area contributed by atoms with Crippen LogP contribution in [0.4, 0.5) is 11.4 Å². The molecule has 0 heterocycles. The Balaban J connectivity index is 2.91. The summed E-state index contributed by atoms with van der Waals surface area (Å²) in [5.74, 6) is -1.18. The molecule has 0 aliphatic carbocycles. The Morgan fingerprint density at radius 1 is 1.39 bits per heavy atom. The lowest BCUT2D eigenvalue weighted by molar-refractivity contribution is -0.123. The number of nitrogens with two attached hydrogens (primary N) is 1.